The fourth-order valence-corrected chi connectivity index (χ4v) is 10.9. The van der Waals surface area contributed by atoms with E-state index in [1.165, 1.54) is 0 Å². The van der Waals surface area contributed by atoms with Crippen molar-refractivity contribution in [1.29, 1.82) is 0 Å². The van der Waals surface area contributed by atoms with Crippen molar-refractivity contribution < 1.29 is 127 Å². The molecule has 2 fully saturated rings. The maximum atomic E-state index is 11.9. The topological polar surface area (TPSA) is 544 Å². The van der Waals surface area contributed by atoms with Crippen molar-refractivity contribution in [3.8, 4) is 5.75 Å². The molecule has 2 aliphatic heterocycles. The molecule has 42 heteroatoms. The number of hydrogen-bond donors (Lipinski definition) is 14. The molecular formula is C19H32BrN5O30P6. The summed E-state index contributed by atoms with van der Waals surface area (Å²) in [5.41, 5.74) is 2.54. The second-order valence-electron chi connectivity index (χ2n) is 11.4. The van der Waals surface area contributed by atoms with E-state index in [0.717, 1.165) is 24.1 Å². The third-order valence-electron chi connectivity index (χ3n) is 6.95. The van der Waals surface area contributed by atoms with Gasteiger partial charge in [-0.1, -0.05) is 0 Å². The Hall–Kier alpha value is -1.78. The Morgan fingerprint density at radius 1 is 0.689 bits per heavy atom. The first-order valence-electron chi connectivity index (χ1n) is 15.1. The van der Waals surface area contributed by atoms with Gasteiger partial charge >= 0.3 is 58.3 Å². The van der Waals surface area contributed by atoms with Gasteiger partial charge in [0.05, 0.1) is 31.0 Å². The Bertz CT molecular complexity index is 2380. The third-order valence-corrected chi connectivity index (χ3v) is 15.2. The van der Waals surface area contributed by atoms with Gasteiger partial charge in [0.25, 0.3) is 5.56 Å². The smallest absolute Gasteiger partial charge is 0.490 e. The summed E-state index contributed by atoms with van der Waals surface area (Å²) in [6.07, 6.45) is -11.5. The first kappa shape index (κ1) is 53.6. The lowest BCUT2D eigenvalue weighted by molar-refractivity contribution is -0.0544. The number of nitrogens with two attached hydrogens (primary N) is 1. The van der Waals surface area contributed by atoms with Crippen LogP contribution in [0.1, 0.15) is 12.5 Å². The molecule has 0 aromatic carbocycles. The van der Waals surface area contributed by atoms with Crippen molar-refractivity contribution in [3.05, 3.63) is 48.2 Å². The molecule has 35 nitrogen and oxygen atoms in total. The van der Waals surface area contributed by atoms with Crippen molar-refractivity contribution in [2.75, 3.05) is 26.1 Å². The number of aromatic nitrogens is 4. The van der Waals surface area contributed by atoms with Crippen molar-refractivity contribution >= 4 is 68.7 Å². The van der Waals surface area contributed by atoms with Crippen molar-refractivity contribution in [2.45, 2.75) is 49.1 Å². The average molecular weight is 1080 g/mol. The van der Waals surface area contributed by atoms with Gasteiger partial charge in [0.2, 0.25) is 5.75 Å². The SMILES string of the molecule is COc1cn([C@@H]2O[C@H](COP(=O)(O)OP(=O)(O)OP(=O)(O)O)C(O)[C@@H]2O)c(=O)[nH]c1=O.Nc1nc(=O)n([C@@H]2O[C@H](COP(=O)(O)OP(=O)(O)OP(=O)(O)O)C(O)[C@@H]2O)cc1Br. The summed E-state index contributed by atoms with van der Waals surface area (Å²) in [5.74, 6) is -0.505. The van der Waals surface area contributed by atoms with E-state index in [-0.39, 0.29) is 16.0 Å². The van der Waals surface area contributed by atoms with Gasteiger partial charge in [-0.05, 0) is 15.9 Å². The van der Waals surface area contributed by atoms with Crippen LogP contribution >= 0.6 is 62.9 Å². The van der Waals surface area contributed by atoms with E-state index in [1.807, 2.05) is 4.98 Å². The lowest BCUT2D eigenvalue weighted by Crippen LogP contribution is -2.38. The number of phosphoric ester groups is 2. The van der Waals surface area contributed by atoms with Crippen LogP contribution in [-0.4, -0.2) is 136 Å². The van der Waals surface area contributed by atoms with Crippen LogP contribution in [-0.2, 0) is 63.2 Å². The summed E-state index contributed by atoms with van der Waals surface area (Å²) in [5, 5.41) is 40.2. The molecule has 61 heavy (non-hydrogen) atoms. The Balaban J connectivity index is 0.000000325. The fourth-order valence-electron chi connectivity index (χ4n) is 4.58. The molecule has 0 aliphatic carbocycles. The molecule has 2 aliphatic rings. The molecule has 0 saturated carbocycles. The number of aliphatic hydroxyl groups is 4. The minimum Gasteiger partial charge on any atom is -0.490 e. The first-order chi connectivity index (χ1) is 27.6. The summed E-state index contributed by atoms with van der Waals surface area (Å²) in [6.45, 7) is -2.11. The van der Waals surface area contributed by atoms with Crippen LogP contribution in [0.25, 0.3) is 0 Å². The van der Waals surface area contributed by atoms with Crippen molar-refractivity contribution in [1.82, 2.24) is 19.1 Å². The van der Waals surface area contributed by atoms with Gasteiger partial charge in [0, 0.05) is 6.20 Å². The first-order valence-corrected chi connectivity index (χ1v) is 24.9. The number of phosphoric acid groups is 6. The number of nitrogens with one attached hydrogen (secondary N) is 1. The van der Waals surface area contributed by atoms with Crippen LogP contribution in [0, 0.1) is 0 Å². The molecule has 0 bridgehead atoms. The van der Waals surface area contributed by atoms with Crippen molar-refractivity contribution in [3.63, 3.8) is 0 Å². The zero-order valence-corrected chi connectivity index (χ0v) is 36.3. The van der Waals surface area contributed by atoms with E-state index in [4.69, 9.17) is 49.3 Å². The Labute approximate surface area is 343 Å². The minimum absolute atomic E-state index is 0.157. The highest BCUT2D eigenvalue weighted by molar-refractivity contribution is 9.10. The van der Waals surface area contributed by atoms with E-state index in [2.05, 4.69) is 47.2 Å². The highest BCUT2D eigenvalue weighted by atomic mass is 79.9. The molecule has 4 heterocycles. The van der Waals surface area contributed by atoms with E-state index < -0.39 is 126 Å². The highest BCUT2D eigenvalue weighted by Crippen LogP contribution is 2.67. The van der Waals surface area contributed by atoms with Crippen LogP contribution in [0.3, 0.4) is 0 Å². The summed E-state index contributed by atoms with van der Waals surface area (Å²) in [6, 6.07) is 0. The standard InChI is InChI=1S/C10H17N2O16P3.C9H15BrN3O14P3/c1-24-4-2-12(10(16)11-8(4)15)9-7(14)6(13)5(26-9)3-25-30(20,21)28-31(22,23)27-29(17,18)19;10-3-1-13(9(16)12-7(3)11)8-6(15)5(14)4(25-8)2-24-29(20,21)27-30(22,23)26-28(17,18)19/h2,5-7,9,13-14H,3H2,1H3,(H,20,21)(H,22,23)(H,11,15,16)(H2,17,18,19);1,4-6,8,14-15H,2H2,(H,20,21)(H,22,23)(H2,11,12,16)(H2,17,18,19)/t5-,6?,7+,9-;4-,5?,6+,8-/m11/s1. The molecule has 2 saturated heterocycles. The molecule has 0 amide bonds. The molecule has 4 rings (SSSR count). The number of methoxy groups -OCH3 is 1. The monoisotopic (exact) mass is 1070 g/mol. The number of anilines is 1. The number of halogens is 1. The molecule has 0 radical (unpaired) electrons. The Kier molecular flexibility index (Phi) is 17.7. The van der Waals surface area contributed by atoms with Crippen LogP contribution in [0.2, 0.25) is 0 Å². The normalized spacial score (nSPS) is 28.4. The summed E-state index contributed by atoms with van der Waals surface area (Å²) >= 11 is 3.01. The van der Waals surface area contributed by atoms with E-state index >= 15 is 0 Å². The maximum Gasteiger partial charge on any atom is 0.490 e. The van der Waals surface area contributed by atoms with Gasteiger partial charge in [0.15, 0.2) is 12.5 Å². The van der Waals surface area contributed by atoms with Gasteiger partial charge in [-0.15, -0.1) is 0 Å². The van der Waals surface area contributed by atoms with E-state index in [1.54, 1.807) is 0 Å². The number of H-pyrrole nitrogens is 1. The van der Waals surface area contributed by atoms with Gasteiger partial charge in [-0.3, -0.25) is 28.0 Å². The zero-order valence-electron chi connectivity index (χ0n) is 29.4. The number of aliphatic hydroxyl groups excluding tert-OH is 4. The maximum absolute atomic E-state index is 11.9. The van der Waals surface area contributed by atoms with Gasteiger partial charge in [-0.2, -0.15) is 22.2 Å². The van der Waals surface area contributed by atoms with Crippen LogP contribution < -0.4 is 27.4 Å². The van der Waals surface area contributed by atoms with Crippen molar-refractivity contribution in [2.24, 2.45) is 0 Å². The fraction of sp³-hybridized carbons (Fsp3) is 0.579. The van der Waals surface area contributed by atoms with E-state index in [0.29, 0.717) is 4.57 Å². The molecular weight excluding hydrogens is 1040 g/mol. The summed E-state index contributed by atoms with van der Waals surface area (Å²) < 4.78 is 107. The number of hydrogen-bond acceptors (Lipinski definition) is 24. The molecule has 6 unspecified atom stereocenters. The molecule has 2 aromatic rings. The molecule has 12 atom stereocenters. The Morgan fingerprint density at radius 2 is 1.10 bits per heavy atom. The third kappa shape index (κ3) is 15.7. The van der Waals surface area contributed by atoms with Gasteiger partial charge in [-0.25, -0.2) is 37.0 Å². The predicted octanol–water partition coefficient (Wildman–Crippen LogP) is -3.94. The molecule has 15 N–H and O–H groups in total. The summed E-state index contributed by atoms with van der Waals surface area (Å²) in [4.78, 5) is 112. The number of nitrogen functional groups attached to an aromatic ring is 1. The average Bonchev–Trinajstić information content (AvgIpc) is 3.50. The molecule has 2 aromatic heterocycles. The largest absolute Gasteiger partial charge is 0.490 e. The zero-order chi connectivity index (χ0) is 46.8. The second kappa shape index (κ2) is 20.2. The van der Waals surface area contributed by atoms with Crippen LogP contribution in [0.5, 0.6) is 5.75 Å². The molecule has 0 spiro atoms. The number of nitrogens with zero attached hydrogens (tertiary/aromatic N) is 3. The second-order valence-corrected chi connectivity index (χ2v) is 21.1. The quantitative estimate of drug-likeness (QED) is 0.0673. The lowest BCUT2D eigenvalue weighted by Gasteiger charge is -2.19. The predicted molar refractivity (Wildman–Crippen MR) is 190 cm³/mol. The number of aromatic amines is 1. The summed E-state index contributed by atoms with van der Waals surface area (Å²) in [7, 11) is -32.5. The number of rotatable bonds is 17. The highest BCUT2D eigenvalue weighted by Gasteiger charge is 2.48. The Morgan fingerprint density at radius 3 is 1.49 bits per heavy atom. The van der Waals surface area contributed by atoms with E-state index in [9.17, 15) is 72.0 Å². The van der Waals surface area contributed by atoms with Gasteiger partial charge in [0.1, 0.15) is 42.4 Å². The lowest BCUT2D eigenvalue weighted by atomic mass is 10.1. The van der Waals surface area contributed by atoms with Gasteiger partial charge < -0.3 is 79.5 Å². The molecule has 350 valence electrons. The minimum atomic E-state index is -5.75. The number of ether oxygens (including phenoxy) is 3. The van der Waals surface area contributed by atoms with Crippen LogP contribution in [0.4, 0.5) is 5.82 Å². The van der Waals surface area contributed by atoms with Crippen LogP contribution in [0.15, 0.2) is 31.3 Å².